The summed E-state index contributed by atoms with van der Waals surface area (Å²) in [5.41, 5.74) is 0. The molecule has 4 rings (SSSR count). The van der Waals surface area contributed by atoms with Crippen LogP contribution in [0.1, 0.15) is 182 Å². The zero-order chi connectivity index (χ0) is 43.2. The predicted molar refractivity (Wildman–Crippen MR) is 233 cm³/mol. The third-order valence-electron chi connectivity index (χ3n) is 12.1. The molecule has 3 heterocycles. The summed E-state index contributed by atoms with van der Waals surface area (Å²) in [5.74, 6) is 2.73. The first kappa shape index (κ1) is 51.8. The summed E-state index contributed by atoms with van der Waals surface area (Å²) >= 11 is 0. The molecule has 0 aromatic rings. The second-order valence-electron chi connectivity index (χ2n) is 17.8. The van der Waals surface area contributed by atoms with Crippen molar-refractivity contribution in [3.63, 3.8) is 0 Å². The van der Waals surface area contributed by atoms with Crippen LogP contribution in [0.15, 0.2) is 12.2 Å². The van der Waals surface area contributed by atoms with E-state index < -0.39 is 0 Å². The molecular formula is C49H84O11. The molecule has 0 amide bonds. The molecule has 4 aliphatic rings. The summed E-state index contributed by atoms with van der Waals surface area (Å²) in [6.07, 6.45) is 29.0. The average molecular weight is 849 g/mol. The fourth-order valence-electron chi connectivity index (χ4n) is 7.99. The van der Waals surface area contributed by atoms with E-state index in [4.69, 9.17) is 33.2 Å². The lowest BCUT2D eigenvalue weighted by Crippen LogP contribution is -2.17. The van der Waals surface area contributed by atoms with Gasteiger partial charge in [0.25, 0.3) is 0 Å². The smallest absolute Gasteiger partial charge is 0.305 e. The Morgan fingerprint density at radius 3 is 1.33 bits per heavy atom. The lowest BCUT2D eigenvalue weighted by atomic mass is 9.79. The standard InChI is InChI=1S/C25H44O5.C24H40O6/c1-3-5-10-22(12-8-14-25(27)29-17-20-15-16-20)21(9-4-2)11-6-7-13-24(26)30-19-23-18-28-23;1-3-5-10-20(12-8-14-24(26)30-18-22-16-28-22)19(9-4-2)11-6-7-13-23(25)29-17-21-15-27-21/h20-23H,3-19H2,1-2H3;5,10,19-22H,3-4,6-9,11-18H2,1-2H3. The van der Waals surface area contributed by atoms with Crippen molar-refractivity contribution in [3.05, 3.63) is 12.2 Å². The monoisotopic (exact) mass is 849 g/mol. The Labute approximate surface area is 363 Å². The van der Waals surface area contributed by atoms with Crippen LogP contribution in [-0.4, -0.2) is 88.4 Å². The molecule has 0 aromatic heterocycles. The van der Waals surface area contributed by atoms with E-state index in [2.05, 4.69) is 39.8 Å². The van der Waals surface area contributed by atoms with Gasteiger partial charge in [0.2, 0.25) is 0 Å². The van der Waals surface area contributed by atoms with Crippen LogP contribution in [-0.2, 0) is 52.3 Å². The molecule has 3 saturated heterocycles. The van der Waals surface area contributed by atoms with E-state index in [1.165, 1.54) is 57.8 Å². The van der Waals surface area contributed by atoms with Gasteiger partial charge in [0.15, 0.2) is 0 Å². The molecule has 0 bridgehead atoms. The molecule has 0 spiro atoms. The first-order valence-electron chi connectivity index (χ1n) is 24.4. The van der Waals surface area contributed by atoms with E-state index in [-0.39, 0.29) is 42.2 Å². The molecule has 1 aliphatic carbocycles. The highest BCUT2D eigenvalue weighted by Gasteiger charge is 2.27. The van der Waals surface area contributed by atoms with Gasteiger partial charge in [-0.05, 0) is 93.8 Å². The maximum atomic E-state index is 12.0. The highest BCUT2D eigenvalue weighted by atomic mass is 16.6. The van der Waals surface area contributed by atoms with Crippen LogP contribution in [0, 0.1) is 29.6 Å². The van der Waals surface area contributed by atoms with Gasteiger partial charge in [-0.3, -0.25) is 19.2 Å². The van der Waals surface area contributed by atoms with Crippen molar-refractivity contribution >= 4 is 23.9 Å². The first-order valence-corrected chi connectivity index (χ1v) is 24.4. The molecule has 0 aromatic carbocycles. The maximum Gasteiger partial charge on any atom is 0.305 e. The van der Waals surface area contributed by atoms with Crippen molar-refractivity contribution in [1.29, 1.82) is 0 Å². The van der Waals surface area contributed by atoms with Gasteiger partial charge in [-0.1, -0.05) is 104 Å². The average Bonchev–Trinajstić information content (AvgIpc) is 4.02. The number of hydrogen-bond acceptors (Lipinski definition) is 11. The second kappa shape index (κ2) is 32.2. The summed E-state index contributed by atoms with van der Waals surface area (Å²) in [6, 6.07) is 0. The largest absolute Gasteiger partial charge is 0.465 e. The maximum absolute atomic E-state index is 12.0. The Kier molecular flexibility index (Phi) is 27.8. The number of unbranched alkanes of at least 4 members (excludes halogenated alkanes) is 3. The fraction of sp³-hybridized carbons (Fsp3) is 0.878. The topological polar surface area (TPSA) is 143 Å². The number of allylic oxidation sites excluding steroid dienone is 2. The summed E-state index contributed by atoms with van der Waals surface area (Å²) < 4.78 is 36.3. The molecule has 60 heavy (non-hydrogen) atoms. The van der Waals surface area contributed by atoms with Gasteiger partial charge in [0, 0.05) is 25.7 Å². The highest BCUT2D eigenvalue weighted by molar-refractivity contribution is 5.70. The summed E-state index contributed by atoms with van der Waals surface area (Å²) in [6.45, 7) is 12.9. The molecule has 4 fully saturated rings. The molecule has 7 atom stereocenters. The molecule has 11 heteroatoms. The molecule has 0 N–H and O–H groups in total. The van der Waals surface area contributed by atoms with E-state index in [0.717, 1.165) is 77.2 Å². The lowest BCUT2D eigenvalue weighted by Gasteiger charge is -2.27. The molecule has 346 valence electrons. The Morgan fingerprint density at radius 1 is 0.483 bits per heavy atom. The number of epoxide rings is 3. The highest BCUT2D eigenvalue weighted by Crippen LogP contribution is 2.33. The van der Waals surface area contributed by atoms with Crippen molar-refractivity contribution < 1.29 is 52.3 Å². The van der Waals surface area contributed by atoms with Gasteiger partial charge in [-0.25, -0.2) is 0 Å². The van der Waals surface area contributed by atoms with Crippen molar-refractivity contribution in [2.75, 3.05) is 46.2 Å². The Hall–Kier alpha value is -2.50. The zero-order valence-corrected chi connectivity index (χ0v) is 38.2. The summed E-state index contributed by atoms with van der Waals surface area (Å²) in [7, 11) is 0. The van der Waals surface area contributed by atoms with Gasteiger partial charge >= 0.3 is 23.9 Å². The van der Waals surface area contributed by atoms with Crippen LogP contribution >= 0.6 is 0 Å². The van der Waals surface area contributed by atoms with Gasteiger partial charge in [-0.15, -0.1) is 0 Å². The van der Waals surface area contributed by atoms with Crippen LogP contribution in [0.2, 0.25) is 0 Å². The van der Waals surface area contributed by atoms with Crippen LogP contribution in [0.3, 0.4) is 0 Å². The Bertz CT molecular complexity index is 1190. The molecule has 7 unspecified atom stereocenters. The molecular weight excluding hydrogens is 765 g/mol. The third-order valence-corrected chi connectivity index (χ3v) is 12.1. The van der Waals surface area contributed by atoms with Crippen LogP contribution in [0.4, 0.5) is 0 Å². The van der Waals surface area contributed by atoms with Crippen LogP contribution in [0.25, 0.3) is 0 Å². The third kappa shape index (κ3) is 27.4. The Balaban J connectivity index is 0.000000320. The minimum atomic E-state index is -0.120. The lowest BCUT2D eigenvalue weighted by molar-refractivity contribution is -0.145. The number of hydrogen-bond donors (Lipinski definition) is 0. The number of carbonyl (C=O) groups excluding carboxylic acids is 4. The number of carbonyl (C=O) groups is 4. The van der Waals surface area contributed by atoms with Crippen LogP contribution < -0.4 is 0 Å². The van der Waals surface area contributed by atoms with Gasteiger partial charge in [0.1, 0.15) is 38.1 Å². The zero-order valence-electron chi connectivity index (χ0n) is 38.2. The quantitative estimate of drug-likeness (QED) is 0.0194. The van der Waals surface area contributed by atoms with E-state index in [9.17, 15) is 19.2 Å². The number of ether oxygens (including phenoxy) is 7. The SMILES string of the molecule is CCC=CC(CCCC(=O)OCC1CO1)C(CCC)CCCCC(=O)OCC1CO1.CCCCC(CCCC(=O)OCC1CC1)C(CCC)CCCCC(=O)OCC1CO1. The fourth-order valence-corrected chi connectivity index (χ4v) is 7.99. The number of rotatable bonds is 37. The van der Waals surface area contributed by atoms with Crippen molar-refractivity contribution in [3.8, 4) is 0 Å². The molecule has 11 nitrogen and oxygen atoms in total. The number of esters is 4. The van der Waals surface area contributed by atoms with E-state index >= 15 is 0 Å². The molecule has 1 saturated carbocycles. The van der Waals surface area contributed by atoms with Crippen LogP contribution in [0.5, 0.6) is 0 Å². The van der Waals surface area contributed by atoms with E-state index in [1.54, 1.807) is 0 Å². The minimum Gasteiger partial charge on any atom is -0.465 e. The molecule has 0 radical (unpaired) electrons. The summed E-state index contributed by atoms with van der Waals surface area (Å²) in [5, 5.41) is 0. The predicted octanol–water partition coefficient (Wildman–Crippen LogP) is 10.4. The molecule has 3 aliphatic heterocycles. The van der Waals surface area contributed by atoms with E-state index in [0.29, 0.717) is 94.9 Å². The normalized spacial score (nSPS) is 20.9. The van der Waals surface area contributed by atoms with Crippen molar-refractivity contribution in [2.24, 2.45) is 29.6 Å². The van der Waals surface area contributed by atoms with Gasteiger partial charge in [-0.2, -0.15) is 0 Å². The summed E-state index contributed by atoms with van der Waals surface area (Å²) in [4.78, 5) is 47.4. The first-order chi connectivity index (χ1) is 29.2. The van der Waals surface area contributed by atoms with E-state index in [1.807, 2.05) is 0 Å². The van der Waals surface area contributed by atoms with Crippen molar-refractivity contribution in [1.82, 2.24) is 0 Å². The van der Waals surface area contributed by atoms with Crippen molar-refractivity contribution in [2.45, 2.75) is 200 Å². The Morgan fingerprint density at radius 2 is 0.883 bits per heavy atom. The minimum absolute atomic E-state index is 0.0155. The second-order valence-corrected chi connectivity index (χ2v) is 17.8. The van der Waals surface area contributed by atoms with Gasteiger partial charge in [0.05, 0.1) is 26.4 Å². The van der Waals surface area contributed by atoms with Gasteiger partial charge < -0.3 is 33.2 Å².